The Morgan fingerprint density at radius 3 is 2.57 bits per heavy atom. The largest absolute Gasteiger partial charge is 0.468 e. The summed E-state index contributed by atoms with van der Waals surface area (Å²) in [6.45, 7) is 2.00. The predicted molar refractivity (Wildman–Crippen MR) is 80.6 cm³/mol. The van der Waals surface area contributed by atoms with E-state index in [2.05, 4.69) is 10.6 Å². The Morgan fingerprint density at radius 1 is 1.19 bits per heavy atom. The van der Waals surface area contributed by atoms with E-state index in [-0.39, 0.29) is 18.0 Å². The minimum absolute atomic E-state index is 0.0297. The molecule has 0 bridgehead atoms. The summed E-state index contributed by atoms with van der Waals surface area (Å²) in [5.41, 5.74) is 0.967. The lowest BCUT2D eigenvalue weighted by Crippen LogP contribution is -2.39. The molecule has 4 nitrogen and oxygen atoms in total. The van der Waals surface area contributed by atoms with Crippen molar-refractivity contribution < 1.29 is 9.21 Å². The average molecular weight is 284 g/mol. The molecule has 2 aromatic rings. The van der Waals surface area contributed by atoms with E-state index in [0.29, 0.717) is 6.04 Å². The highest BCUT2D eigenvalue weighted by molar-refractivity contribution is 5.83. The molecular formula is C17H20N2O2. The first kappa shape index (κ1) is 13.9. The SMILES string of the molecule is C[C@H](N[C@H](C(=O)NC1CC1)c1ccccc1)c1ccco1. The van der Waals surface area contributed by atoms with E-state index in [0.717, 1.165) is 24.2 Å². The maximum atomic E-state index is 12.5. The first-order valence-corrected chi connectivity index (χ1v) is 7.39. The van der Waals surface area contributed by atoms with Gasteiger partial charge in [-0.25, -0.2) is 0 Å². The van der Waals surface area contributed by atoms with Crippen molar-refractivity contribution in [1.82, 2.24) is 10.6 Å². The Balaban J connectivity index is 1.76. The summed E-state index contributed by atoms with van der Waals surface area (Å²) in [6, 6.07) is 13.5. The van der Waals surface area contributed by atoms with Gasteiger partial charge in [0.15, 0.2) is 0 Å². The lowest BCUT2D eigenvalue weighted by Gasteiger charge is -2.22. The van der Waals surface area contributed by atoms with Crippen LogP contribution >= 0.6 is 0 Å². The number of benzene rings is 1. The number of amides is 1. The second-order valence-corrected chi connectivity index (χ2v) is 5.53. The summed E-state index contributed by atoms with van der Waals surface area (Å²) in [7, 11) is 0. The Hall–Kier alpha value is -2.07. The fraction of sp³-hybridized carbons (Fsp3) is 0.353. The van der Waals surface area contributed by atoms with E-state index < -0.39 is 0 Å². The minimum atomic E-state index is -0.369. The van der Waals surface area contributed by atoms with Gasteiger partial charge >= 0.3 is 0 Å². The van der Waals surface area contributed by atoms with Crippen LogP contribution in [-0.2, 0) is 4.79 Å². The van der Waals surface area contributed by atoms with Gasteiger partial charge in [-0.1, -0.05) is 30.3 Å². The van der Waals surface area contributed by atoms with Crippen LogP contribution in [0.1, 0.15) is 43.2 Å². The van der Waals surface area contributed by atoms with Crippen LogP contribution in [0.2, 0.25) is 0 Å². The molecule has 0 saturated heterocycles. The zero-order valence-corrected chi connectivity index (χ0v) is 12.1. The summed E-state index contributed by atoms with van der Waals surface area (Å²) in [5, 5.41) is 6.43. The highest BCUT2D eigenvalue weighted by atomic mass is 16.3. The molecule has 1 heterocycles. The number of carbonyl (C=O) groups excluding carboxylic acids is 1. The lowest BCUT2D eigenvalue weighted by atomic mass is 10.0. The summed E-state index contributed by atoms with van der Waals surface area (Å²) in [5.74, 6) is 0.859. The number of nitrogens with one attached hydrogen (secondary N) is 2. The molecule has 0 spiro atoms. The summed E-state index contributed by atoms with van der Waals surface area (Å²) in [4.78, 5) is 12.5. The topological polar surface area (TPSA) is 54.3 Å². The summed E-state index contributed by atoms with van der Waals surface area (Å²) in [6.07, 6.45) is 3.82. The van der Waals surface area contributed by atoms with Crippen molar-refractivity contribution in [3.05, 3.63) is 60.1 Å². The summed E-state index contributed by atoms with van der Waals surface area (Å²) >= 11 is 0. The van der Waals surface area contributed by atoms with E-state index >= 15 is 0 Å². The average Bonchev–Trinajstić information content (AvgIpc) is 3.15. The molecule has 0 radical (unpaired) electrons. The zero-order chi connectivity index (χ0) is 14.7. The fourth-order valence-electron chi connectivity index (χ4n) is 2.35. The van der Waals surface area contributed by atoms with Gasteiger partial charge in [0.2, 0.25) is 5.91 Å². The third-order valence-electron chi connectivity index (χ3n) is 3.71. The molecule has 1 aromatic carbocycles. The molecule has 4 heteroatoms. The van der Waals surface area contributed by atoms with Crippen molar-refractivity contribution in [2.75, 3.05) is 0 Å². The maximum Gasteiger partial charge on any atom is 0.241 e. The van der Waals surface area contributed by atoms with E-state index in [1.54, 1.807) is 6.26 Å². The number of hydrogen-bond acceptors (Lipinski definition) is 3. The number of furan rings is 1. The highest BCUT2D eigenvalue weighted by Gasteiger charge is 2.29. The molecule has 2 atom stereocenters. The van der Waals surface area contributed by atoms with Gasteiger partial charge < -0.3 is 9.73 Å². The third kappa shape index (κ3) is 3.52. The van der Waals surface area contributed by atoms with Crippen LogP contribution in [0.5, 0.6) is 0 Å². The van der Waals surface area contributed by atoms with Gasteiger partial charge in [-0.05, 0) is 37.5 Å². The zero-order valence-electron chi connectivity index (χ0n) is 12.1. The van der Waals surface area contributed by atoms with E-state index in [1.165, 1.54) is 0 Å². The molecule has 1 aliphatic rings. The summed E-state index contributed by atoms with van der Waals surface area (Å²) < 4.78 is 5.41. The van der Waals surface area contributed by atoms with Gasteiger partial charge in [-0.2, -0.15) is 0 Å². The molecule has 1 aliphatic carbocycles. The molecule has 1 saturated carbocycles. The van der Waals surface area contributed by atoms with Gasteiger partial charge in [0.25, 0.3) is 0 Å². The molecule has 21 heavy (non-hydrogen) atoms. The Bertz CT molecular complexity index is 576. The lowest BCUT2D eigenvalue weighted by molar-refractivity contribution is -0.123. The fourth-order valence-corrected chi connectivity index (χ4v) is 2.35. The highest BCUT2D eigenvalue weighted by Crippen LogP contribution is 2.23. The van der Waals surface area contributed by atoms with Crippen molar-refractivity contribution in [3.8, 4) is 0 Å². The Labute approximate surface area is 124 Å². The normalized spacial score (nSPS) is 17.2. The third-order valence-corrected chi connectivity index (χ3v) is 3.71. The standard InChI is InChI=1S/C17H20N2O2/c1-12(15-8-5-11-21-15)18-16(13-6-3-2-4-7-13)17(20)19-14-9-10-14/h2-8,11-12,14,16,18H,9-10H2,1H3,(H,19,20)/t12-,16-/m0/s1. The van der Waals surface area contributed by atoms with Crippen LogP contribution < -0.4 is 10.6 Å². The van der Waals surface area contributed by atoms with Crippen LogP contribution in [0, 0.1) is 0 Å². The minimum Gasteiger partial charge on any atom is -0.468 e. The van der Waals surface area contributed by atoms with Crippen molar-refractivity contribution >= 4 is 5.91 Å². The maximum absolute atomic E-state index is 12.5. The smallest absolute Gasteiger partial charge is 0.241 e. The molecule has 1 aromatic heterocycles. The predicted octanol–water partition coefficient (Wildman–Crippen LogP) is 2.95. The second kappa shape index (κ2) is 6.14. The molecule has 0 unspecified atom stereocenters. The van der Waals surface area contributed by atoms with Gasteiger partial charge in [-0.3, -0.25) is 10.1 Å². The Kier molecular flexibility index (Phi) is 4.06. The van der Waals surface area contributed by atoms with Crippen LogP contribution in [0.3, 0.4) is 0 Å². The molecular weight excluding hydrogens is 264 g/mol. The van der Waals surface area contributed by atoms with E-state index in [9.17, 15) is 4.79 Å². The molecule has 1 fully saturated rings. The quantitative estimate of drug-likeness (QED) is 0.857. The van der Waals surface area contributed by atoms with Gasteiger partial charge in [-0.15, -0.1) is 0 Å². The van der Waals surface area contributed by atoms with Crippen molar-refractivity contribution in [3.63, 3.8) is 0 Å². The van der Waals surface area contributed by atoms with Crippen LogP contribution in [-0.4, -0.2) is 11.9 Å². The number of carbonyl (C=O) groups is 1. The Morgan fingerprint density at radius 2 is 1.95 bits per heavy atom. The van der Waals surface area contributed by atoms with Crippen molar-refractivity contribution in [1.29, 1.82) is 0 Å². The van der Waals surface area contributed by atoms with Crippen LogP contribution in [0.15, 0.2) is 53.1 Å². The molecule has 0 aliphatic heterocycles. The molecule has 110 valence electrons. The number of rotatable bonds is 6. The molecule has 1 amide bonds. The first-order valence-electron chi connectivity index (χ1n) is 7.39. The second-order valence-electron chi connectivity index (χ2n) is 5.53. The van der Waals surface area contributed by atoms with Crippen molar-refractivity contribution in [2.24, 2.45) is 0 Å². The van der Waals surface area contributed by atoms with Gasteiger partial charge in [0.05, 0.1) is 12.3 Å². The van der Waals surface area contributed by atoms with Gasteiger partial charge in [0, 0.05) is 6.04 Å². The van der Waals surface area contributed by atoms with Crippen LogP contribution in [0.4, 0.5) is 0 Å². The van der Waals surface area contributed by atoms with Crippen LogP contribution in [0.25, 0.3) is 0 Å². The monoisotopic (exact) mass is 284 g/mol. The molecule has 2 N–H and O–H groups in total. The van der Waals surface area contributed by atoms with E-state index in [1.807, 2.05) is 49.4 Å². The van der Waals surface area contributed by atoms with Crippen molar-refractivity contribution in [2.45, 2.75) is 37.9 Å². The van der Waals surface area contributed by atoms with E-state index in [4.69, 9.17) is 4.42 Å². The molecule has 3 rings (SSSR count). The first-order chi connectivity index (χ1) is 10.2. The van der Waals surface area contributed by atoms with Gasteiger partial charge in [0.1, 0.15) is 11.8 Å². The number of hydrogen-bond donors (Lipinski definition) is 2.